The van der Waals surface area contributed by atoms with Crippen LogP contribution in [0.2, 0.25) is 0 Å². The van der Waals surface area contributed by atoms with Gasteiger partial charge in [-0.2, -0.15) is 13.2 Å². The van der Waals surface area contributed by atoms with E-state index in [0.717, 1.165) is 5.82 Å². The summed E-state index contributed by atoms with van der Waals surface area (Å²) in [6.45, 7) is 7.76. The number of ether oxygens (including phenoxy) is 2. The molecular formula is C29H33F3N6O4. The summed E-state index contributed by atoms with van der Waals surface area (Å²) in [6.07, 6.45) is 2.84. The third-order valence-corrected chi connectivity index (χ3v) is 6.46. The average molecular weight is 587 g/mol. The summed E-state index contributed by atoms with van der Waals surface area (Å²) in [6, 6.07) is 5.65. The Morgan fingerprint density at radius 1 is 1.17 bits per heavy atom. The number of fused-ring (bicyclic) bond motifs is 1. The van der Waals surface area contributed by atoms with E-state index in [1.165, 1.54) is 6.07 Å². The number of anilines is 1. The molecule has 1 aliphatic rings. The lowest BCUT2D eigenvalue weighted by Crippen LogP contribution is -2.36. The minimum absolute atomic E-state index is 0.184. The minimum atomic E-state index is -4.53. The molecule has 1 aromatic carbocycles. The molecule has 0 fully saturated rings. The van der Waals surface area contributed by atoms with Crippen molar-refractivity contribution >= 4 is 23.9 Å². The number of rotatable bonds is 9. The van der Waals surface area contributed by atoms with E-state index in [9.17, 15) is 22.8 Å². The summed E-state index contributed by atoms with van der Waals surface area (Å²) in [5.74, 6) is 1.13. The second-order valence-electron chi connectivity index (χ2n) is 10.6. The lowest BCUT2D eigenvalue weighted by molar-refractivity contribution is -0.149. The number of aromatic nitrogens is 4. The van der Waals surface area contributed by atoms with Gasteiger partial charge in [0.2, 0.25) is 0 Å². The van der Waals surface area contributed by atoms with Gasteiger partial charge in [-0.25, -0.2) is 19.7 Å². The van der Waals surface area contributed by atoms with Crippen LogP contribution in [0.1, 0.15) is 57.9 Å². The third-order valence-electron chi connectivity index (χ3n) is 6.46. The van der Waals surface area contributed by atoms with Crippen LogP contribution >= 0.6 is 0 Å². The van der Waals surface area contributed by atoms with Gasteiger partial charge in [0.1, 0.15) is 29.4 Å². The number of urea groups is 1. The van der Waals surface area contributed by atoms with Gasteiger partial charge in [-0.1, -0.05) is 6.08 Å². The highest BCUT2D eigenvalue weighted by molar-refractivity contribution is 5.90. The van der Waals surface area contributed by atoms with E-state index in [-0.39, 0.29) is 30.3 Å². The topological polar surface area (TPSA) is 120 Å². The van der Waals surface area contributed by atoms with Gasteiger partial charge in [-0.15, -0.1) is 0 Å². The van der Waals surface area contributed by atoms with Crippen LogP contribution in [0, 0.1) is 0 Å². The lowest BCUT2D eigenvalue weighted by Gasteiger charge is -2.23. The summed E-state index contributed by atoms with van der Waals surface area (Å²) in [5.41, 5.74) is 1.18. The van der Waals surface area contributed by atoms with Gasteiger partial charge in [0.25, 0.3) is 0 Å². The number of halogens is 3. The second kappa shape index (κ2) is 12.2. The molecule has 3 aromatic rings. The molecule has 0 bridgehead atoms. The average Bonchev–Trinajstić information content (AvgIpc) is 3.35. The third kappa shape index (κ3) is 7.25. The molecule has 1 unspecified atom stereocenters. The van der Waals surface area contributed by atoms with E-state index in [4.69, 9.17) is 9.47 Å². The molecule has 0 saturated heterocycles. The van der Waals surface area contributed by atoms with Crippen LogP contribution in [0.4, 0.5) is 23.7 Å². The summed E-state index contributed by atoms with van der Waals surface area (Å²) in [7, 11) is 0. The predicted octanol–water partition coefficient (Wildman–Crippen LogP) is 5.46. The largest absolute Gasteiger partial charge is 0.491 e. The quantitative estimate of drug-likeness (QED) is 0.320. The fourth-order valence-electron chi connectivity index (χ4n) is 4.39. The fourth-order valence-corrected chi connectivity index (χ4v) is 4.39. The number of esters is 1. The Hall–Kier alpha value is -4.42. The van der Waals surface area contributed by atoms with Crippen LogP contribution in [0.3, 0.4) is 0 Å². The van der Waals surface area contributed by atoms with E-state index in [1.807, 2.05) is 30.7 Å². The molecule has 0 aliphatic carbocycles. The van der Waals surface area contributed by atoms with Gasteiger partial charge in [0.05, 0.1) is 30.3 Å². The Morgan fingerprint density at radius 3 is 2.62 bits per heavy atom. The molecule has 1 atom stereocenters. The first-order valence-electron chi connectivity index (χ1n) is 13.5. The molecule has 3 heterocycles. The number of imidazole rings is 1. The Kier molecular flexibility index (Phi) is 8.88. The second-order valence-corrected chi connectivity index (χ2v) is 10.6. The Balaban J connectivity index is 1.59. The van der Waals surface area contributed by atoms with Crippen LogP contribution in [0.15, 0.2) is 42.7 Å². The Bertz CT molecular complexity index is 1480. The Morgan fingerprint density at radius 2 is 1.93 bits per heavy atom. The summed E-state index contributed by atoms with van der Waals surface area (Å²) in [5, 5.41) is 4.24. The van der Waals surface area contributed by atoms with Crippen LogP contribution in [-0.2, 0) is 21.4 Å². The van der Waals surface area contributed by atoms with Crippen molar-refractivity contribution in [3.05, 3.63) is 60.1 Å². The van der Waals surface area contributed by atoms with Crippen molar-refractivity contribution in [2.75, 3.05) is 18.5 Å². The Labute approximate surface area is 241 Å². The van der Waals surface area contributed by atoms with E-state index in [1.54, 1.807) is 56.7 Å². The number of nitrogens with zero attached hydrogens (tertiary/aromatic N) is 4. The lowest BCUT2D eigenvalue weighted by atomic mass is 9.89. The van der Waals surface area contributed by atoms with Gasteiger partial charge in [-0.05, 0) is 52.8 Å². The van der Waals surface area contributed by atoms with E-state index in [2.05, 4.69) is 20.3 Å². The molecule has 2 N–H and O–H groups in total. The normalized spacial score (nSPS) is 14.8. The van der Waals surface area contributed by atoms with Crippen LogP contribution in [0.5, 0.6) is 5.75 Å². The number of hydrogen-bond acceptors (Lipinski definition) is 7. The molecule has 0 radical (unpaired) electrons. The minimum Gasteiger partial charge on any atom is -0.491 e. The zero-order valence-corrected chi connectivity index (χ0v) is 24.0. The number of carbonyl (C=O) groups is 2. The maximum absolute atomic E-state index is 12.5. The summed E-state index contributed by atoms with van der Waals surface area (Å²) in [4.78, 5) is 38.3. The molecule has 4 rings (SSSR count). The van der Waals surface area contributed by atoms with Gasteiger partial charge in [-0.3, -0.25) is 4.79 Å². The maximum Gasteiger partial charge on any atom is 0.405 e. The number of nitrogens with one attached hydrogen (secondary N) is 2. The number of alkyl halides is 3. The molecule has 0 spiro atoms. The first-order valence-corrected chi connectivity index (χ1v) is 13.5. The molecule has 42 heavy (non-hydrogen) atoms. The van der Waals surface area contributed by atoms with Crippen molar-refractivity contribution in [2.45, 2.75) is 64.7 Å². The fraction of sp³-hybridized carbons (Fsp3) is 0.414. The van der Waals surface area contributed by atoms with Crippen molar-refractivity contribution < 1.29 is 32.2 Å². The molecular weight excluding hydrogens is 553 g/mol. The van der Waals surface area contributed by atoms with Crippen LogP contribution in [0.25, 0.3) is 17.5 Å². The van der Waals surface area contributed by atoms with Crippen molar-refractivity contribution in [3.8, 4) is 17.0 Å². The van der Waals surface area contributed by atoms with Gasteiger partial charge < -0.3 is 24.7 Å². The van der Waals surface area contributed by atoms with Gasteiger partial charge in [0, 0.05) is 42.1 Å². The molecule has 224 valence electrons. The first-order chi connectivity index (χ1) is 19.8. The highest BCUT2D eigenvalue weighted by Gasteiger charge is 2.34. The van der Waals surface area contributed by atoms with Gasteiger partial charge >= 0.3 is 18.2 Å². The number of benzene rings is 1. The molecule has 1 aliphatic heterocycles. The van der Waals surface area contributed by atoms with Crippen molar-refractivity contribution in [1.82, 2.24) is 24.8 Å². The SMILES string of the molecule is CCOC(=O)C(C)(C)c1ccnc(C2C=Cn3c(-c4cc(NC(=O)NCC(F)(F)F)cc(OC(C)C)c4)cnc3C2)n1. The number of carbonyl (C=O) groups excluding carboxylic acids is 2. The molecule has 2 aromatic heterocycles. The molecule has 10 nitrogen and oxygen atoms in total. The monoisotopic (exact) mass is 586 g/mol. The van der Waals surface area contributed by atoms with E-state index in [0.29, 0.717) is 34.9 Å². The predicted molar refractivity (Wildman–Crippen MR) is 150 cm³/mol. The maximum atomic E-state index is 12.5. The summed E-state index contributed by atoms with van der Waals surface area (Å²) >= 11 is 0. The molecule has 0 saturated carbocycles. The van der Waals surface area contributed by atoms with Gasteiger partial charge in [0.15, 0.2) is 0 Å². The first kappa shape index (κ1) is 30.5. The number of hydrogen-bond donors (Lipinski definition) is 2. The molecule has 13 heteroatoms. The highest BCUT2D eigenvalue weighted by atomic mass is 19.4. The van der Waals surface area contributed by atoms with E-state index >= 15 is 0 Å². The zero-order chi connectivity index (χ0) is 30.7. The number of amides is 2. The zero-order valence-electron chi connectivity index (χ0n) is 24.0. The smallest absolute Gasteiger partial charge is 0.405 e. The standard InChI is InChI=1S/C29H33F3N6O4/c1-6-41-26(39)28(4,5)23-7-9-33-25(37-23)18-8-10-38-22(15-34-24(38)13-18)19-11-20(14-21(12-19)42-17(2)3)36-27(40)35-16-29(30,31)32/h7-12,14-15,17-18H,6,13,16H2,1-5H3,(H2,35,36,40). The molecule has 2 amide bonds. The van der Waals surface area contributed by atoms with Crippen molar-refractivity contribution in [3.63, 3.8) is 0 Å². The van der Waals surface area contributed by atoms with Crippen LogP contribution in [-0.4, -0.2) is 57.0 Å². The summed E-state index contributed by atoms with van der Waals surface area (Å²) < 4.78 is 50.5. The van der Waals surface area contributed by atoms with Crippen molar-refractivity contribution in [1.29, 1.82) is 0 Å². The highest BCUT2D eigenvalue weighted by Crippen LogP contribution is 2.34. The van der Waals surface area contributed by atoms with Crippen LogP contribution < -0.4 is 15.4 Å². The number of allylic oxidation sites excluding steroid dienone is 1. The van der Waals surface area contributed by atoms with Crippen molar-refractivity contribution in [2.24, 2.45) is 0 Å². The van der Waals surface area contributed by atoms with E-state index < -0.39 is 24.2 Å².